The number of primary amides is 1. The van der Waals surface area contributed by atoms with Crippen molar-refractivity contribution in [3.05, 3.63) is 75.2 Å². The topological polar surface area (TPSA) is 143 Å². The van der Waals surface area contributed by atoms with Gasteiger partial charge in [0.15, 0.2) is 0 Å². The number of nitrogens with zero attached hydrogens (tertiary/aromatic N) is 3. The van der Waals surface area contributed by atoms with E-state index in [1.165, 1.54) is 0 Å². The van der Waals surface area contributed by atoms with Crippen LogP contribution in [0.5, 0.6) is 0 Å². The molecule has 0 saturated carbocycles. The van der Waals surface area contributed by atoms with E-state index >= 15 is 0 Å². The molecule has 0 unspecified atom stereocenters. The third-order valence-corrected chi connectivity index (χ3v) is 7.03. The van der Waals surface area contributed by atoms with Crippen LogP contribution in [0.3, 0.4) is 0 Å². The molecule has 3 heterocycles. The van der Waals surface area contributed by atoms with Gasteiger partial charge in [0.05, 0.1) is 29.4 Å². The summed E-state index contributed by atoms with van der Waals surface area (Å²) in [5.74, 6) is 0.123. The summed E-state index contributed by atoms with van der Waals surface area (Å²) >= 11 is 6.06. The zero-order valence-electron chi connectivity index (χ0n) is 21.0. The minimum Gasteiger partial charge on any atom is -0.387 e. The van der Waals surface area contributed by atoms with Crippen molar-refractivity contribution in [2.45, 2.75) is 20.5 Å². The minimum atomic E-state index is -0.815. The van der Waals surface area contributed by atoms with E-state index in [0.29, 0.717) is 27.7 Å². The van der Waals surface area contributed by atoms with Gasteiger partial charge in [-0.1, -0.05) is 31.2 Å². The fraction of sp³-hybridized carbons (Fsp3) is 0.321. The van der Waals surface area contributed by atoms with Gasteiger partial charge in [0.1, 0.15) is 11.4 Å². The molecule has 1 aliphatic heterocycles. The van der Waals surface area contributed by atoms with E-state index in [4.69, 9.17) is 22.3 Å². The van der Waals surface area contributed by atoms with Crippen LogP contribution in [0.15, 0.2) is 53.5 Å². The van der Waals surface area contributed by atoms with E-state index in [1.54, 1.807) is 36.5 Å². The number of carbonyl (C=O) groups excluding carboxylic acids is 1. The summed E-state index contributed by atoms with van der Waals surface area (Å²) in [6, 6.07) is 12.9. The van der Waals surface area contributed by atoms with Gasteiger partial charge >= 0.3 is 0 Å². The van der Waals surface area contributed by atoms with Gasteiger partial charge in [-0.05, 0) is 48.4 Å². The number of benzene rings is 2. The number of aliphatic hydroxyl groups excluding tert-OH is 1. The summed E-state index contributed by atoms with van der Waals surface area (Å²) in [7, 11) is 0. The van der Waals surface area contributed by atoms with Crippen molar-refractivity contribution in [3.8, 4) is 11.4 Å². The lowest BCUT2D eigenvalue weighted by atomic mass is 10.1. The summed E-state index contributed by atoms with van der Waals surface area (Å²) in [5.41, 5.74) is 10.3. The number of aryl methyl sites for hydroxylation is 1. The number of anilines is 2. The number of rotatable bonds is 8. The number of hydrogen-bond acceptors (Lipinski definition) is 7. The van der Waals surface area contributed by atoms with Crippen LogP contribution in [0.4, 0.5) is 11.4 Å². The lowest BCUT2D eigenvalue weighted by Crippen LogP contribution is -2.48. The molecule has 4 aromatic rings. The molecule has 1 amide bonds. The first kappa shape index (κ1) is 28.2. The Morgan fingerprint density at radius 2 is 1.97 bits per heavy atom. The summed E-state index contributed by atoms with van der Waals surface area (Å²) < 4.78 is 0. The molecule has 6 N–H and O–H groups in total. The predicted octanol–water partition coefficient (Wildman–Crippen LogP) is 3.27. The fourth-order valence-corrected chi connectivity index (χ4v) is 5.06. The van der Waals surface area contributed by atoms with Crippen molar-refractivity contribution in [2.24, 2.45) is 5.73 Å². The molecule has 1 fully saturated rings. The number of piperazine rings is 1. The average molecular weight is 552 g/mol. The zero-order chi connectivity index (χ0) is 26.8. The van der Waals surface area contributed by atoms with Gasteiger partial charge in [-0.15, -0.1) is 0 Å². The Bertz CT molecular complexity index is 1530. The van der Waals surface area contributed by atoms with Gasteiger partial charge in [-0.2, -0.15) is 0 Å². The maximum absolute atomic E-state index is 12.9. The lowest BCUT2D eigenvalue weighted by Gasteiger charge is -2.35. The number of aromatic amines is 2. The molecule has 0 bridgehead atoms. The van der Waals surface area contributed by atoms with E-state index in [-0.39, 0.29) is 32.0 Å². The Morgan fingerprint density at radius 3 is 2.69 bits per heavy atom. The van der Waals surface area contributed by atoms with E-state index in [2.05, 4.69) is 31.2 Å². The predicted molar refractivity (Wildman–Crippen MR) is 156 cm³/mol. The molecule has 10 nitrogen and oxygen atoms in total. The van der Waals surface area contributed by atoms with Crippen molar-refractivity contribution < 1.29 is 9.90 Å². The number of halogens is 1. The van der Waals surface area contributed by atoms with Crippen molar-refractivity contribution in [1.29, 1.82) is 0 Å². The van der Waals surface area contributed by atoms with Crippen LogP contribution < -0.4 is 21.5 Å². The Hall–Kier alpha value is -3.86. The molecule has 0 spiro atoms. The normalized spacial score (nSPS) is 14.7. The second-order valence-corrected chi connectivity index (χ2v) is 9.96. The number of nitrogens with two attached hydrogens (primary N) is 1. The maximum atomic E-state index is 12.9. The molecule has 2 aromatic carbocycles. The molecular weight excluding hydrogens is 518 g/mol. The van der Waals surface area contributed by atoms with Crippen LogP contribution in [0.25, 0.3) is 22.4 Å². The molecule has 39 heavy (non-hydrogen) atoms. The summed E-state index contributed by atoms with van der Waals surface area (Å²) in [5, 5.41) is 14.4. The Kier molecular flexibility index (Phi) is 8.59. The van der Waals surface area contributed by atoms with Crippen molar-refractivity contribution >= 4 is 39.9 Å². The number of hydrogen-bond donors (Lipinski definition) is 5. The highest BCUT2D eigenvalue weighted by atomic mass is 35.5. The largest absolute Gasteiger partial charge is 0.387 e. The van der Waals surface area contributed by atoms with Gasteiger partial charge < -0.3 is 31.0 Å². The van der Waals surface area contributed by atoms with Crippen LogP contribution in [-0.4, -0.2) is 70.1 Å². The molecule has 2 aromatic heterocycles. The third kappa shape index (κ3) is 6.25. The number of aliphatic hydroxyl groups is 1. The first-order valence-electron chi connectivity index (χ1n) is 12.4. The van der Waals surface area contributed by atoms with Crippen molar-refractivity contribution in [3.63, 3.8) is 0 Å². The van der Waals surface area contributed by atoms with Gasteiger partial charge in [0.25, 0.3) is 5.56 Å². The molecule has 11 heteroatoms. The second-order valence-electron chi connectivity index (χ2n) is 9.52. The standard InChI is InChI=1S/C27H30ClN7O3.CH4/c1-16-11-19(35-9-7-34(8-10-35)15-23(29)37)13-21-25(16)33-26(32-21)24-20(5-6-30-27(24)38)31-14-22(36)17-3-2-4-18(28)12-17;/h2-6,11-13,22,36H,7-10,14-15H2,1H3,(H2,29,37)(H,32,33)(H2,30,31,38);1H4/t22-;/m1./s1. The highest BCUT2D eigenvalue weighted by molar-refractivity contribution is 6.30. The minimum absolute atomic E-state index is 0. The van der Waals surface area contributed by atoms with Crippen LogP contribution in [0.2, 0.25) is 5.02 Å². The van der Waals surface area contributed by atoms with Gasteiger partial charge in [0.2, 0.25) is 5.91 Å². The highest BCUT2D eigenvalue weighted by Gasteiger charge is 2.21. The number of pyridine rings is 1. The number of imidazole rings is 1. The van der Waals surface area contributed by atoms with Gasteiger partial charge in [-0.3, -0.25) is 14.5 Å². The Balaban J connectivity index is 0.00000353. The Morgan fingerprint density at radius 1 is 1.21 bits per heavy atom. The SMILES string of the molecule is C.Cc1cc(N2CCN(CC(N)=O)CC2)cc2[nH]c(-c3c(NC[C@@H](O)c4cccc(Cl)c4)cc[nH]c3=O)nc12. The summed E-state index contributed by atoms with van der Waals surface area (Å²) in [6.45, 7) is 5.51. The van der Waals surface area contributed by atoms with Crippen LogP contribution >= 0.6 is 11.6 Å². The van der Waals surface area contributed by atoms with E-state index in [0.717, 1.165) is 48.5 Å². The number of nitrogens with one attached hydrogen (secondary N) is 3. The lowest BCUT2D eigenvalue weighted by molar-refractivity contribution is -0.119. The molecule has 1 atom stereocenters. The molecule has 1 saturated heterocycles. The van der Waals surface area contributed by atoms with E-state index in [9.17, 15) is 14.7 Å². The van der Waals surface area contributed by atoms with E-state index in [1.807, 2.05) is 13.0 Å². The molecule has 0 aliphatic carbocycles. The number of H-pyrrole nitrogens is 2. The quantitative estimate of drug-likeness (QED) is 0.226. The first-order valence-corrected chi connectivity index (χ1v) is 12.8. The van der Waals surface area contributed by atoms with Crippen molar-refractivity contribution in [2.75, 3.05) is 49.5 Å². The van der Waals surface area contributed by atoms with Gasteiger partial charge in [0, 0.05) is 49.6 Å². The fourth-order valence-electron chi connectivity index (χ4n) is 4.86. The second kappa shape index (κ2) is 11.9. The molecule has 206 valence electrons. The molecule has 0 radical (unpaired) electrons. The summed E-state index contributed by atoms with van der Waals surface area (Å²) in [4.78, 5) is 39.3. The Labute approximate surface area is 231 Å². The van der Waals surface area contributed by atoms with Crippen molar-refractivity contribution in [1.82, 2.24) is 19.9 Å². The smallest absolute Gasteiger partial charge is 0.261 e. The van der Waals surface area contributed by atoms with Crippen LogP contribution in [0, 0.1) is 6.92 Å². The van der Waals surface area contributed by atoms with Gasteiger partial charge in [-0.25, -0.2) is 4.98 Å². The van der Waals surface area contributed by atoms with Crippen LogP contribution in [-0.2, 0) is 4.79 Å². The average Bonchev–Trinajstić information content (AvgIpc) is 3.31. The molecule has 5 rings (SSSR count). The monoisotopic (exact) mass is 551 g/mol. The summed E-state index contributed by atoms with van der Waals surface area (Å²) in [6.07, 6.45) is 0.744. The highest BCUT2D eigenvalue weighted by Crippen LogP contribution is 2.30. The number of aromatic nitrogens is 3. The molecular formula is C28H34ClN7O3. The first-order chi connectivity index (χ1) is 18.3. The van der Waals surface area contributed by atoms with Crippen LogP contribution in [0.1, 0.15) is 24.7 Å². The number of carbonyl (C=O) groups is 1. The number of fused-ring (bicyclic) bond motifs is 1. The third-order valence-electron chi connectivity index (χ3n) is 6.80. The molecule has 1 aliphatic rings. The maximum Gasteiger partial charge on any atom is 0.261 e. The zero-order valence-corrected chi connectivity index (χ0v) is 21.8. The number of amides is 1. The van der Waals surface area contributed by atoms with E-state index < -0.39 is 6.10 Å².